The summed E-state index contributed by atoms with van der Waals surface area (Å²) in [5.41, 5.74) is 5.45. The largest absolute Gasteiger partial charge is 0.438 e. The molecule has 4 aliphatic rings. The Balaban J connectivity index is 1.15. The Morgan fingerprint density at radius 2 is 1.84 bits per heavy atom. The van der Waals surface area contributed by atoms with Crippen LogP contribution in [0.5, 0.6) is 0 Å². The van der Waals surface area contributed by atoms with Gasteiger partial charge in [-0.15, -0.1) is 5.53 Å². The predicted octanol–water partition coefficient (Wildman–Crippen LogP) is 2.39. The number of hydroxylamine groups is 1. The number of hydrogen-bond donors (Lipinski definition) is 2. The second-order valence-corrected chi connectivity index (χ2v) is 9.17. The standard InChI is InChI=1S/C23H23F2N7O5/c24-18-11-17(29-14-23(37-22(29)33)13-20(23)30-6-5-26-27-30)12-19(25)21(18)28-7-8-31(36-10-9-28)15-1-3-16(4-2-15)32(34)35/h1-6,11-12,20,26-27H,7-10,13-14H2. The second kappa shape index (κ2) is 8.74. The fourth-order valence-corrected chi connectivity index (χ4v) is 4.97. The minimum atomic E-state index is -0.798. The van der Waals surface area contributed by atoms with Gasteiger partial charge in [0.25, 0.3) is 5.69 Å². The average molecular weight is 515 g/mol. The van der Waals surface area contributed by atoms with Gasteiger partial charge in [0.2, 0.25) is 0 Å². The third-order valence-electron chi connectivity index (χ3n) is 6.93. The molecule has 37 heavy (non-hydrogen) atoms. The van der Waals surface area contributed by atoms with Crippen molar-refractivity contribution >= 4 is 28.8 Å². The Morgan fingerprint density at radius 3 is 2.51 bits per heavy atom. The van der Waals surface area contributed by atoms with Gasteiger partial charge in [-0.05, 0) is 12.1 Å². The minimum absolute atomic E-state index is 0.0454. The van der Waals surface area contributed by atoms with Crippen molar-refractivity contribution in [1.82, 2.24) is 16.0 Å². The van der Waals surface area contributed by atoms with Crippen molar-refractivity contribution in [2.24, 2.45) is 0 Å². The number of nitrogens with zero attached hydrogens (tertiary/aromatic N) is 5. The van der Waals surface area contributed by atoms with Crippen LogP contribution < -0.4 is 25.8 Å². The summed E-state index contributed by atoms with van der Waals surface area (Å²) in [7, 11) is 0. The molecule has 3 aliphatic heterocycles. The predicted molar refractivity (Wildman–Crippen MR) is 127 cm³/mol. The number of halogens is 2. The normalized spacial score (nSPS) is 24.9. The number of hydrazine groups is 2. The highest BCUT2D eigenvalue weighted by atomic mass is 19.1. The molecule has 12 nitrogen and oxygen atoms in total. The zero-order chi connectivity index (χ0) is 25.7. The van der Waals surface area contributed by atoms with Crippen molar-refractivity contribution in [2.45, 2.75) is 18.1 Å². The van der Waals surface area contributed by atoms with Crippen LogP contribution in [-0.2, 0) is 9.57 Å². The number of rotatable bonds is 5. The molecule has 0 radical (unpaired) electrons. The number of carbonyl (C=O) groups is 1. The molecule has 1 spiro atoms. The number of hydrogen-bond acceptors (Lipinski definition) is 10. The minimum Gasteiger partial charge on any atom is -0.438 e. The Morgan fingerprint density at radius 1 is 1.08 bits per heavy atom. The zero-order valence-corrected chi connectivity index (χ0v) is 19.5. The van der Waals surface area contributed by atoms with Crippen LogP contribution in [0.4, 0.5) is 36.3 Å². The molecular weight excluding hydrogens is 492 g/mol. The molecule has 2 saturated heterocycles. The first-order valence-electron chi connectivity index (χ1n) is 11.7. The fraction of sp³-hybridized carbons (Fsp3) is 0.348. The van der Waals surface area contributed by atoms with Crippen LogP contribution in [0.2, 0.25) is 0 Å². The van der Waals surface area contributed by atoms with Gasteiger partial charge in [-0.2, -0.15) is 0 Å². The maximum atomic E-state index is 15.3. The molecule has 3 fully saturated rings. The lowest BCUT2D eigenvalue weighted by Gasteiger charge is -2.25. The van der Waals surface area contributed by atoms with E-state index in [9.17, 15) is 14.9 Å². The van der Waals surface area contributed by atoms with Gasteiger partial charge in [0, 0.05) is 56.2 Å². The molecule has 1 aliphatic carbocycles. The number of amides is 1. The van der Waals surface area contributed by atoms with Crippen LogP contribution in [0.25, 0.3) is 0 Å². The summed E-state index contributed by atoms with van der Waals surface area (Å²) in [4.78, 5) is 31.5. The summed E-state index contributed by atoms with van der Waals surface area (Å²) in [6, 6.07) is 8.05. The lowest BCUT2D eigenvalue weighted by molar-refractivity contribution is -0.384. The van der Waals surface area contributed by atoms with E-state index in [0.29, 0.717) is 12.1 Å². The molecule has 1 saturated carbocycles. The maximum absolute atomic E-state index is 15.3. The monoisotopic (exact) mass is 515 g/mol. The summed E-state index contributed by atoms with van der Waals surface area (Å²) in [5.74, 6) is -1.60. The van der Waals surface area contributed by atoms with Crippen LogP contribution in [0.1, 0.15) is 6.42 Å². The van der Waals surface area contributed by atoms with E-state index in [1.165, 1.54) is 17.0 Å². The number of anilines is 3. The van der Waals surface area contributed by atoms with Gasteiger partial charge in [0.1, 0.15) is 5.69 Å². The Labute approximate surface area is 209 Å². The number of nitro groups is 1. The first-order chi connectivity index (χ1) is 17.8. The highest BCUT2D eigenvalue weighted by Gasteiger charge is 2.66. The molecule has 194 valence electrons. The van der Waals surface area contributed by atoms with Crippen molar-refractivity contribution in [3.05, 3.63) is 70.5 Å². The van der Waals surface area contributed by atoms with Crippen LogP contribution in [0.15, 0.2) is 48.8 Å². The smallest absolute Gasteiger partial charge is 0.415 e. The van der Waals surface area contributed by atoms with Crippen molar-refractivity contribution in [2.75, 3.05) is 47.6 Å². The van der Waals surface area contributed by atoms with E-state index < -0.39 is 28.3 Å². The van der Waals surface area contributed by atoms with E-state index in [2.05, 4.69) is 11.0 Å². The topological polar surface area (TPSA) is 116 Å². The Bertz CT molecular complexity index is 1260. The van der Waals surface area contributed by atoms with Crippen molar-refractivity contribution in [1.29, 1.82) is 0 Å². The van der Waals surface area contributed by atoms with Gasteiger partial charge < -0.3 is 15.1 Å². The van der Waals surface area contributed by atoms with Gasteiger partial charge in [-0.25, -0.2) is 13.6 Å². The number of non-ortho nitro benzene ring substituents is 1. The molecule has 2 atom stereocenters. The highest BCUT2D eigenvalue weighted by Crippen LogP contribution is 2.49. The van der Waals surface area contributed by atoms with Crippen molar-refractivity contribution in [3.63, 3.8) is 0 Å². The zero-order valence-electron chi connectivity index (χ0n) is 19.5. The molecule has 0 aromatic heterocycles. The van der Waals surface area contributed by atoms with Crippen LogP contribution >= 0.6 is 0 Å². The SMILES string of the molecule is O=C1OC2(CC2N2C=CNN2)CN1c1cc(F)c(N2CCON(c3ccc([N+](=O)[O-])cc3)CC2)c(F)c1. The second-order valence-electron chi connectivity index (χ2n) is 9.17. The molecule has 2 aromatic rings. The third kappa shape index (κ3) is 4.13. The molecular formula is C23H23F2N7O5. The van der Waals surface area contributed by atoms with E-state index in [0.717, 1.165) is 12.1 Å². The summed E-state index contributed by atoms with van der Waals surface area (Å²) in [5, 5.41) is 14.2. The Kier molecular flexibility index (Phi) is 5.49. The van der Waals surface area contributed by atoms with Crippen LogP contribution in [0, 0.1) is 21.7 Å². The fourth-order valence-electron chi connectivity index (χ4n) is 4.97. The number of carbonyl (C=O) groups excluding carboxylic acids is 1. The van der Waals surface area contributed by atoms with Gasteiger partial charge in [-0.3, -0.25) is 29.9 Å². The first kappa shape index (κ1) is 23.2. The molecule has 2 N–H and O–H groups in total. The summed E-state index contributed by atoms with van der Waals surface area (Å²) >= 11 is 0. The van der Waals surface area contributed by atoms with Gasteiger partial charge in [0.15, 0.2) is 17.2 Å². The lowest BCUT2D eigenvalue weighted by atomic mass is 10.2. The summed E-state index contributed by atoms with van der Waals surface area (Å²) in [6.07, 6.45) is 3.45. The maximum Gasteiger partial charge on any atom is 0.415 e. The molecule has 2 unspecified atom stereocenters. The van der Waals surface area contributed by atoms with Gasteiger partial charge in [-0.1, -0.05) is 0 Å². The highest BCUT2D eigenvalue weighted by molar-refractivity contribution is 5.91. The summed E-state index contributed by atoms with van der Waals surface area (Å²) in [6.45, 7) is 1.06. The molecule has 0 bridgehead atoms. The molecule has 3 heterocycles. The number of nitrogens with one attached hydrogen (secondary N) is 2. The quantitative estimate of drug-likeness (QED) is 0.454. The van der Waals surface area contributed by atoms with Crippen molar-refractivity contribution in [3.8, 4) is 0 Å². The Hall–Kier alpha value is -4.17. The van der Waals surface area contributed by atoms with E-state index >= 15 is 8.78 Å². The lowest BCUT2D eigenvalue weighted by Crippen LogP contribution is -2.41. The number of benzene rings is 2. The van der Waals surface area contributed by atoms with Crippen molar-refractivity contribution < 1.29 is 28.1 Å². The molecule has 6 rings (SSSR count). The van der Waals surface area contributed by atoms with E-state index in [1.54, 1.807) is 39.5 Å². The first-order valence-corrected chi connectivity index (χ1v) is 11.7. The number of ether oxygens (including phenoxy) is 1. The van der Waals surface area contributed by atoms with E-state index in [1.807, 2.05) is 0 Å². The van der Waals surface area contributed by atoms with E-state index in [-0.39, 0.29) is 55.9 Å². The van der Waals surface area contributed by atoms with Crippen LogP contribution in [-0.4, -0.2) is 60.5 Å². The average Bonchev–Trinajstić information content (AvgIpc) is 3.20. The van der Waals surface area contributed by atoms with Gasteiger partial charge in [0.05, 0.1) is 42.0 Å². The van der Waals surface area contributed by atoms with E-state index in [4.69, 9.17) is 9.57 Å². The number of nitro benzene ring substituents is 1. The van der Waals surface area contributed by atoms with Gasteiger partial charge >= 0.3 is 6.09 Å². The molecule has 14 heteroatoms. The molecule has 2 aromatic carbocycles. The third-order valence-corrected chi connectivity index (χ3v) is 6.93. The summed E-state index contributed by atoms with van der Waals surface area (Å²) < 4.78 is 36.1. The van der Waals surface area contributed by atoms with Crippen LogP contribution in [0.3, 0.4) is 0 Å². The molecule has 1 amide bonds.